The summed E-state index contributed by atoms with van der Waals surface area (Å²) in [4.78, 5) is 11.8. The summed E-state index contributed by atoms with van der Waals surface area (Å²) >= 11 is 0. The summed E-state index contributed by atoms with van der Waals surface area (Å²) in [6, 6.07) is 7.46. The zero-order chi connectivity index (χ0) is 16.0. The van der Waals surface area contributed by atoms with Gasteiger partial charge in [-0.05, 0) is 25.0 Å². The van der Waals surface area contributed by atoms with E-state index in [9.17, 15) is 9.18 Å². The van der Waals surface area contributed by atoms with Gasteiger partial charge >= 0.3 is 0 Å². The molecule has 5 nitrogen and oxygen atoms in total. The van der Waals surface area contributed by atoms with Gasteiger partial charge in [0.1, 0.15) is 23.2 Å². The quantitative estimate of drug-likeness (QED) is 0.899. The third-order valence-electron chi connectivity index (χ3n) is 3.22. The lowest BCUT2D eigenvalue weighted by Crippen LogP contribution is -2.50. The van der Waals surface area contributed by atoms with Crippen molar-refractivity contribution >= 4 is 5.91 Å². The van der Waals surface area contributed by atoms with Gasteiger partial charge in [0.15, 0.2) is 6.61 Å². The van der Waals surface area contributed by atoms with Crippen LogP contribution in [0.5, 0.6) is 5.75 Å². The minimum absolute atomic E-state index is 0.0705. The maximum Gasteiger partial charge on any atom is 0.259 e. The average Bonchev–Trinajstić information content (AvgIpc) is 2.44. The maximum atomic E-state index is 13.4. The average molecular weight is 289 g/mol. The Labute approximate surface area is 122 Å². The highest BCUT2D eigenvalue weighted by Crippen LogP contribution is 2.17. The molecule has 1 atom stereocenters. The highest BCUT2D eigenvalue weighted by atomic mass is 19.1. The van der Waals surface area contributed by atoms with Gasteiger partial charge < -0.3 is 10.1 Å². The summed E-state index contributed by atoms with van der Waals surface area (Å²) in [7, 11) is 0. The SMILES string of the molecule is CC(C)C(C)(C#N)NC(=O)COc1ccc(C#N)c(F)c1. The van der Waals surface area contributed by atoms with Gasteiger partial charge in [0.25, 0.3) is 5.91 Å². The van der Waals surface area contributed by atoms with E-state index in [-0.39, 0.29) is 23.8 Å². The Balaban J connectivity index is 2.64. The second-order valence-electron chi connectivity index (χ2n) is 5.06. The van der Waals surface area contributed by atoms with Crippen molar-refractivity contribution in [1.29, 1.82) is 10.5 Å². The molecule has 110 valence electrons. The standard InChI is InChI=1S/C15H16FN3O2/c1-10(2)15(3,9-18)19-14(20)8-21-12-5-4-11(7-17)13(16)6-12/h4-6,10H,8H2,1-3H3,(H,19,20). The first-order valence-corrected chi connectivity index (χ1v) is 6.37. The van der Waals surface area contributed by atoms with E-state index >= 15 is 0 Å². The van der Waals surface area contributed by atoms with Gasteiger partial charge in [-0.3, -0.25) is 4.79 Å². The number of ether oxygens (including phenoxy) is 1. The molecule has 6 heteroatoms. The summed E-state index contributed by atoms with van der Waals surface area (Å²) in [5, 5.41) is 20.3. The van der Waals surface area contributed by atoms with Crippen LogP contribution in [0.2, 0.25) is 0 Å². The van der Waals surface area contributed by atoms with Gasteiger partial charge in [0.2, 0.25) is 0 Å². The molecular formula is C15H16FN3O2. The molecule has 0 radical (unpaired) electrons. The van der Waals surface area contributed by atoms with Gasteiger partial charge in [-0.2, -0.15) is 10.5 Å². The van der Waals surface area contributed by atoms with Gasteiger partial charge in [0.05, 0.1) is 11.6 Å². The first-order chi connectivity index (χ1) is 9.82. The molecule has 1 aromatic rings. The van der Waals surface area contributed by atoms with E-state index in [2.05, 4.69) is 5.32 Å². The van der Waals surface area contributed by atoms with Gasteiger partial charge in [-0.25, -0.2) is 4.39 Å². The lowest BCUT2D eigenvalue weighted by Gasteiger charge is -2.27. The molecular weight excluding hydrogens is 273 g/mol. The number of carbonyl (C=O) groups is 1. The monoisotopic (exact) mass is 289 g/mol. The molecule has 0 saturated heterocycles. The molecule has 1 unspecified atom stereocenters. The molecule has 0 aliphatic carbocycles. The van der Waals surface area contributed by atoms with Crippen molar-refractivity contribution in [2.24, 2.45) is 5.92 Å². The van der Waals surface area contributed by atoms with E-state index in [4.69, 9.17) is 15.3 Å². The van der Waals surface area contributed by atoms with Crippen molar-refractivity contribution in [2.75, 3.05) is 6.61 Å². The minimum Gasteiger partial charge on any atom is -0.484 e. The molecule has 0 aliphatic heterocycles. The number of carbonyl (C=O) groups excluding carboxylic acids is 1. The fraction of sp³-hybridized carbons (Fsp3) is 0.400. The van der Waals surface area contributed by atoms with Crippen LogP contribution < -0.4 is 10.1 Å². The number of rotatable bonds is 5. The summed E-state index contributed by atoms with van der Waals surface area (Å²) < 4.78 is 18.5. The topological polar surface area (TPSA) is 85.9 Å². The number of hydrogen-bond donors (Lipinski definition) is 1. The Morgan fingerprint density at radius 3 is 2.62 bits per heavy atom. The second kappa shape index (κ2) is 6.71. The number of nitrogens with zero attached hydrogens (tertiary/aromatic N) is 2. The smallest absolute Gasteiger partial charge is 0.259 e. The molecule has 0 heterocycles. The van der Waals surface area contributed by atoms with Crippen LogP contribution in [0.3, 0.4) is 0 Å². The molecule has 0 saturated carbocycles. The molecule has 21 heavy (non-hydrogen) atoms. The van der Waals surface area contributed by atoms with Crippen molar-refractivity contribution < 1.29 is 13.9 Å². The van der Waals surface area contributed by atoms with Crippen LogP contribution in [0.25, 0.3) is 0 Å². The zero-order valence-electron chi connectivity index (χ0n) is 12.1. The third-order valence-corrected chi connectivity index (χ3v) is 3.22. The van der Waals surface area contributed by atoms with Gasteiger partial charge in [0, 0.05) is 6.07 Å². The van der Waals surface area contributed by atoms with E-state index in [0.717, 1.165) is 6.07 Å². The first kappa shape index (κ1) is 16.5. The van der Waals surface area contributed by atoms with E-state index in [0.29, 0.717) is 0 Å². The van der Waals surface area contributed by atoms with Gasteiger partial charge in [-0.1, -0.05) is 13.8 Å². The van der Waals surface area contributed by atoms with Crippen molar-refractivity contribution in [3.05, 3.63) is 29.6 Å². The summed E-state index contributed by atoms with van der Waals surface area (Å²) in [5.74, 6) is -1.11. The van der Waals surface area contributed by atoms with Crippen LogP contribution in [0.15, 0.2) is 18.2 Å². The predicted molar refractivity (Wildman–Crippen MR) is 73.6 cm³/mol. The molecule has 1 rings (SSSR count). The Kier molecular flexibility index (Phi) is 5.26. The second-order valence-corrected chi connectivity index (χ2v) is 5.06. The summed E-state index contributed by atoms with van der Waals surface area (Å²) in [6.07, 6.45) is 0. The number of nitrogens with one attached hydrogen (secondary N) is 1. The van der Waals surface area contributed by atoms with Crippen LogP contribution in [-0.4, -0.2) is 18.1 Å². The molecule has 1 amide bonds. The van der Waals surface area contributed by atoms with Crippen molar-refractivity contribution in [1.82, 2.24) is 5.32 Å². The van der Waals surface area contributed by atoms with Crippen LogP contribution >= 0.6 is 0 Å². The number of hydrogen-bond acceptors (Lipinski definition) is 4. The van der Waals surface area contributed by atoms with Crippen LogP contribution in [0.4, 0.5) is 4.39 Å². The minimum atomic E-state index is -0.990. The summed E-state index contributed by atoms with van der Waals surface area (Å²) in [5.41, 5.74) is -1.08. The lowest BCUT2D eigenvalue weighted by molar-refractivity contribution is -0.124. The number of amides is 1. The molecule has 0 fully saturated rings. The van der Waals surface area contributed by atoms with Crippen molar-refractivity contribution in [3.63, 3.8) is 0 Å². The fourth-order valence-corrected chi connectivity index (χ4v) is 1.45. The normalized spacial score (nSPS) is 12.9. The van der Waals surface area contributed by atoms with Crippen molar-refractivity contribution in [3.8, 4) is 17.9 Å². The maximum absolute atomic E-state index is 13.4. The fourth-order valence-electron chi connectivity index (χ4n) is 1.45. The van der Waals surface area contributed by atoms with E-state index < -0.39 is 17.3 Å². The summed E-state index contributed by atoms with van der Waals surface area (Å²) in [6.45, 7) is 4.92. The Hall–Kier alpha value is -2.60. The van der Waals surface area contributed by atoms with E-state index in [1.165, 1.54) is 12.1 Å². The van der Waals surface area contributed by atoms with Gasteiger partial charge in [-0.15, -0.1) is 0 Å². The number of halogens is 1. The molecule has 0 aromatic heterocycles. The van der Waals surface area contributed by atoms with E-state index in [1.54, 1.807) is 13.0 Å². The molecule has 0 bridgehead atoms. The Bertz CT molecular complexity index is 616. The third kappa shape index (κ3) is 4.19. The van der Waals surface area contributed by atoms with Crippen LogP contribution in [0, 0.1) is 34.4 Å². The highest BCUT2D eigenvalue weighted by Gasteiger charge is 2.29. The Morgan fingerprint density at radius 2 is 2.14 bits per heavy atom. The number of benzene rings is 1. The van der Waals surface area contributed by atoms with Crippen LogP contribution in [0.1, 0.15) is 26.3 Å². The largest absolute Gasteiger partial charge is 0.484 e. The van der Waals surface area contributed by atoms with Crippen molar-refractivity contribution in [2.45, 2.75) is 26.3 Å². The van der Waals surface area contributed by atoms with E-state index in [1.807, 2.05) is 19.9 Å². The molecule has 0 spiro atoms. The highest BCUT2D eigenvalue weighted by molar-refractivity contribution is 5.78. The number of nitriles is 2. The molecule has 1 N–H and O–H groups in total. The predicted octanol–water partition coefficient (Wildman–Crippen LogP) is 2.13. The zero-order valence-corrected chi connectivity index (χ0v) is 12.1. The first-order valence-electron chi connectivity index (χ1n) is 6.37. The molecule has 0 aliphatic rings. The molecule has 1 aromatic carbocycles. The Morgan fingerprint density at radius 1 is 1.48 bits per heavy atom. The van der Waals surface area contributed by atoms with Crippen LogP contribution in [-0.2, 0) is 4.79 Å². The lowest BCUT2D eigenvalue weighted by atomic mass is 9.90.